The Kier molecular flexibility index (Phi) is 8.24. The third-order valence-electron chi connectivity index (χ3n) is 6.25. The summed E-state index contributed by atoms with van der Waals surface area (Å²) < 4.78 is 18.2. The molecule has 5 rings (SSSR count). The first-order valence-electron chi connectivity index (χ1n) is 12.3. The van der Waals surface area contributed by atoms with Crippen molar-refractivity contribution in [1.29, 1.82) is 0 Å². The van der Waals surface area contributed by atoms with E-state index in [9.17, 15) is 9.59 Å². The van der Waals surface area contributed by atoms with Crippen LogP contribution in [0.4, 0.5) is 4.79 Å². The van der Waals surface area contributed by atoms with E-state index in [0.29, 0.717) is 38.8 Å². The molecule has 0 atom stereocenters. The van der Waals surface area contributed by atoms with Crippen LogP contribution in [0.25, 0.3) is 16.8 Å². The maximum atomic E-state index is 13.0. The summed E-state index contributed by atoms with van der Waals surface area (Å²) in [5.74, 6) is 1.44. The highest BCUT2D eigenvalue weighted by molar-refractivity contribution is 9.10. The largest absolute Gasteiger partial charge is 0.493 e. The SMILES string of the molecule is COc1cc(/C=C2\SC(=O)N(CCOc3cccc(C)c3)C2=O)cc(Br)c1OCc1cccc2ccccc12. The smallest absolute Gasteiger partial charge is 0.293 e. The number of fused-ring (bicyclic) bond motifs is 1. The fourth-order valence-electron chi connectivity index (χ4n) is 4.34. The highest BCUT2D eigenvalue weighted by Gasteiger charge is 2.35. The van der Waals surface area contributed by atoms with Crippen LogP contribution in [0.1, 0.15) is 16.7 Å². The number of nitrogens with zero attached hydrogens (tertiary/aromatic N) is 1. The summed E-state index contributed by atoms with van der Waals surface area (Å²) >= 11 is 4.50. The lowest BCUT2D eigenvalue weighted by Gasteiger charge is -2.15. The molecule has 0 radical (unpaired) electrons. The molecule has 2 amide bonds. The molecule has 0 aromatic heterocycles. The lowest BCUT2D eigenvalue weighted by Crippen LogP contribution is -2.32. The predicted molar refractivity (Wildman–Crippen MR) is 158 cm³/mol. The van der Waals surface area contributed by atoms with Gasteiger partial charge >= 0.3 is 0 Å². The highest BCUT2D eigenvalue weighted by Crippen LogP contribution is 2.39. The van der Waals surface area contributed by atoms with E-state index in [-0.39, 0.29) is 24.3 Å². The molecule has 198 valence electrons. The van der Waals surface area contributed by atoms with E-state index in [0.717, 1.165) is 33.7 Å². The number of methoxy groups -OCH3 is 1. The Balaban J connectivity index is 1.28. The molecule has 1 saturated heterocycles. The fourth-order valence-corrected chi connectivity index (χ4v) is 5.77. The summed E-state index contributed by atoms with van der Waals surface area (Å²) in [5, 5.41) is 1.96. The van der Waals surface area contributed by atoms with Crippen molar-refractivity contribution < 1.29 is 23.8 Å². The van der Waals surface area contributed by atoms with Gasteiger partial charge in [-0.2, -0.15) is 0 Å². The predicted octanol–water partition coefficient (Wildman–Crippen LogP) is 7.61. The normalized spacial score (nSPS) is 14.3. The second kappa shape index (κ2) is 12.0. The second-order valence-electron chi connectivity index (χ2n) is 8.96. The van der Waals surface area contributed by atoms with Crippen LogP contribution in [-0.2, 0) is 11.4 Å². The number of hydrogen-bond donors (Lipinski definition) is 0. The van der Waals surface area contributed by atoms with Gasteiger partial charge in [0.2, 0.25) is 0 Å². The molecule has 0 aliphatic carbocycles. The highest BCUT2D eigenvalue weighted by atomic mass is 79.9. The Hall–Kier alpha value is -3.75. The number of carbonyl (C=O) groups excluding carboxylic acids is 2. The van der Waals surface area contributed by atoms with Gasteiger partial charge in [-0.25, -0.2) is 0 Å². The third-order valence-corrected chi connectivity index (χ3v) is 7.74. The average Bonchev–Trinajstić information content (AvgIpc) is 3.19. The molecular formula is C31H26BrNO5S. The van der Waals surface area contributed by atoms with Crippen LogP contribution in [-0.4, -0.2) is 36.3 Å². The minimum absolute atomic E-state index is 0.171. The average molecular weight is 605 g/mol. The summed E-state index contributed by atoms with van der Waals surface area (Å²) in [6.45, 7) is 2.73. The van der Waals surface area contributed by atoms with Crippen LogP contribution in [0.15, 0.2) is 88.2 Å². The summed E-state index contributed by atoms with van der Waals surface area (Å²) in [6.07, 6.45) is 1.69. The molecule has 1 aliphatic heterocycles. The van der Waals surface area contributed by atoms with Crippen molar-refractivity contribution in [3.8, 4) is 17.2 Å². The van der Waals surface area contributed by atoms with Crippen LogP contribution in [0.5, 0.6) is 17.2 Å². The second-order valence-corrected chi connectivity index (χ2v) is 10.8. The molecule has 1 fully saturated rings. The first kappa shape index (κ1) is 26.8. The van der Waals surface area contributed by atoms with Gasteiger partial charge in [-0.1, -0.05) is 54.6 Å². The Morgan fingerprint density at radius 3 is 2.56 bits per heavy atom. The molecule has 8 heteroatoms. The molecular weight excluding hydrogens is 578 g/mol. The molecule has 6 nitrogen and oxygen atoms in total. The number of ether oxygens (including phenoxy) is 3. The van der Waals surface area contributed by atoms with E-state index in [1.54, 1.807) is 19.3 Å². The van der Waals surface area contributed by atoms with Gasteiger partial charge in [-0.3, -0.25) is 14.5 Å². The molecule has 0 unspecified atom stereocenters. The van der Waals surface area contributed by atoms with Gasteiger partial charge in [0.05, 0.1) is 23.0 Å². The molecule has 4 aromatic carbocycles. The van der Waals surface area contributed by atoms with Crippen molar-refractivity contribution in [2.45, 2.75) is 13.5 Å². The Morgan fingerprint density at radius 1 is 0.949 bits per heavy atom. The molecule has 4 aromatic rings. The van der Waals surface area contributed by atoms with Crippen LogP contribution in [0.3, 0.4) is 0 Å². The number of rotatable bonds is 9. The Morgan fingerprint density at radius 2 is 1.74 bits per heavy atom. The monoisotopic (exact) mass is 603 g/mol. The molecule has 0 saturated carbocycles. The van der Waals surface area contributed by atoms with Crippen molar-refractivity contribution in [1.82, 2.24) is 4.90 Å². The van der Waals surface area contributed by atoms with Gasteiger partial charge in [0, 0.05) is 0 Å². The first-order valence-corrected chi connectivity index (χ1v) is 14.0. The lowest BCUT2D eigenvalue weighted by atomic mass is 10.1. The molecule has 0 spiro atoms. The van der Waals surface area contributed by atoms with Crippen molar-refractivity contribution in [2.75, 3.05) is 20.3 Å². The topological polar surface area (TPSA) is 65.1 Å². The van der Waals surface area contributed by atoms with E-state index >= 15 is 0 Å². The van der Waals surface area contributed by atoms with Crippen molar-refractivity contribution in [3.05, 3.63) is 105 Å². The number of carbonyl (C=O) groups is 2. The van der Waals surface area contributed by atoms with Gasteiger partial charge in [-0.15, -0.1) is 0 Å². The van der Waals surface area contributed by atoms with Crippen LogP contribution >= 0.6 is 27.7 Å². The van der Waals surface area contributed by atoms with Crippen molar-refractivity contribution in [2.24, 2.45) is 0 Å². The standard InChI is InChI=1S/C31H26BrNO5S/c1-20-7-5-11-24(15-20)37-14-13-33-30(34)28(39-31(33)35)18-21-16-26(32)29(27(17-21)36-2)38-19-23-10-6-9-22-8-3-4-12-25(22)23/h3-12,15-18H,13-14,19H2,1-2H3/b28-18-. The van der Waals surface area contributed by atoms with E-state index in [4.69, 9.17) is 14.2 Å². The van der Waals surface area contributed by atoms with Gasteiger partial charge in [-0.05, 0) is 92.4 Å². The Bertz CT molecular complexity index is 1580. The van der Waals surface area contributed by atoms with Crippen molar-refractivity contribution in [3.63, 3.8) is 0 Å². The molecule has 0 N–H and O–H groups in total. The zero-order chi connectivity index (χ0) is 27.4. The molecule has 39 heavy (non-hydrogen) atoms. The molecule has 0 bridgehead atoms. The van der Waals surface area contributed by atoms with Crippen LogP contribution in [0, 0.1) is 6.92 Å². The van der Waals surface area contributed by atoms with Gasteiger partial charge in [0.15, 0.2) is 11.5 Å². The van der Waals surface area contributed by atoms with E-state index in [1.807, 2.05) is 61.5 Å². The first-order chi connectivity index (χ1) is 18.9. The van der Waals surface area contributed by atoms with Gasteiger partial charge in [0.1, 0.15) is 19.0 Å². The number of amides is 2. The minimum Gasteiger partial charge on any atom is -0.493 e. The quantitative estimate of drug-likeness (QED) is 0.183. The number of benzene rings is 4. The summed E-state index contributed by atoms with van der Waals surface area (Å²) in [5.41, 5.74) is 2.84. The molecule has 1 aliphatic rings. The zero-order valence-electron chi connectivity index (χ0n) is 21.5. The maximum Gasteiger partial charge on any atom is 0.293 e. The minimum atomic E-state index is -0.343. The molecule has 1 heterocycles. The fraction of sp³-hybridized carbons (Fsp3) is 0.161. The maximum absolute atomic E-state index is 13.0. The van der Waals surface area contributed by atoms with E-state index in [1.165, 1.54) is 4.90 Å². The van der Waals surface area contributed by atoms with Crippen LogP contribution in [0.2, 0.25) is 0 Å². The summed E-state index contributed by atoms with van der Waals surface area (Å²) in [7, 11) is 1.57. The lowest BCUT2D eigenvalue weighted by molar-refractivity contribution is -0.123. The summed E-state index contributed by atoms with van der Waals surface area (Å²) in [4.78, 5) is 27.1. The van der Waals surface area contributed by atoms with E-state index < -0.39 is 0 Å². The van der Waals surface area contributed by atoms with E-state index in [2.05, 4.69) is 34.1 Å². The van der Waals surface area contributed by atoms with Crippen LogP contribution < -0.4 is 14.2 Å². The number of thioether (sulfide) groups is 1. The van der Waals surface area contributed by atoms with Gasteiger partial charge in [0.25, 0.3) is 11.1 Å². The van der Waals surface area contributed by atoms with Crippen molar-refractivity contribution >= 4 is 55.7 Å². The Labute approximate surface area is 239 Å². The third kappa shape index (κ3) is 6.13. The number of imide groups is 1. The number of aryl methyl sites for hydroxylation is 1. The van der Waals surface area contributed by atoms with Gasteiger partial charge < -0.3 is 14.2 Å². The number of hydrogen-bond acceptors (Lipinski definition) is 6. The number of halogens is 1. The zero-order valence-corrected chi connectivity index (χ0v) is 23.9. The summed E-state index contributed by atoms with van der Waals surface area (Å²) in [6, 6.07) is 25.6.